The fourth-order valence-corrected chi connectivity index (χ4v) is 3.18. The van der Waals surface area contributed by atoms with E-state index in [0.29, 0.717) is 11.8 Å². The number of hydrogen-bond acceptors (Lipinski definition) is 3. The van der Waals surface area contributed by atoms with Crippen molar-refractivity contribution in [3.8, 4) is 0 Å². The van der Waals surface area contributed by atoms with E-state index in [9.17, 15) is 13.6 Å². The first-order chi connectivity index (χ1) is 9.90. The van der Waals surface area contributed by atoms with E-state index < -0.39 is 23.2 Å². The second kappa shape index (κ2) is 6.39. The monoisotopic (exact) mass is 297 g/mol. The number of hydrazine groups is 1. The smallest absolute Gasteiger partial charge is 0.251 e. The van der Waals surface area contributed by atoms with Gasteiger partial charge in [-0.05, 0) is 43.2 Å². The number of nitrogens with two attached hydrogens (primary N) is 1. The molecule has 21 heavy (non-hydrogen) atoms. The van der Waals surface area contributed by atoms with E-state index >= 15 is 0 Å². The van der Waals surface area contributed by atoms with Gasteiger partial charge in [-0.25, -0.2) is 8.78 Å². The maximum Gasteiger partial charge on any atom is 0.251 e. The molecule has 4 N–H and O–H groups in total. The van der Waals surface area contributed by atoms with Crippen LogP contribution in [0, 0.1) is 23.5 Å². The van der Waals surface area contributed by atoms with Gasteiger partial charge in [-0.1, -0.05) is 13.8 Å². The Morgan fingerprint density at radius 3 is 2.14 bits per heavy atom. The van der Waals surface area contributed by atoms with Crippen molar-refractivity contribution in [2.75, 3.05) is 5.43 Å². The maximum absolute atomic E-state index is 13.6. The lowest BCUT2D eigenvalue weighted by Gasteiger charge is -2.32. The van der Waals surface area contributed by atoms with Gasteiger partial charge < -0.3 is 10.7 Å². The van der Waals surface area contributed by atoms with Crippen molar-refractivity contribution in [3.63, 3.8) is 0 Å². The van der Waals surface area contributed by atoms with E-state index in [1.54, 1.807) is 0 Å². The minimum atomic E-state index is -0.881. The summed E-state index contributed by atoms with van der Waals surface area (Å²) in [5.74, 6) is 3.88. The lowest BCUT2D eigenvalue weighted by Crippen LogP contribution is -2.40. The number of halogens is 2. The molecule has 116 valence electrons. The summed E-state index contributed by atoms with van der Waals surface area (Å²) in [6, 6.07) is 2.03. The molecule has 1 aromatic rings. The average Bonchev–Trinajstić information content (AvgIpc) is 2.36. The van der Waals surface area contributed by atoms with Crippen LogP contribution in [0.15, 0.2) is 12.1 Å². The largest absolute Gasteiger partial charge is 0.349 e. The van der Waals surface area contributed by atoms with E-state index in [1.165, 1.54) is 0 Å². The molecule has 1 aromatic carbocycles. The Bertz CT molecular complexity index is 503. The van der Waals surface area contributed by atoms with Crippen molar-refractivity contribution in [1.82, 2.24) is 5.32 Å². The van der Waals surface area contributed by atoms with Crippen molar-refractivity contribution in [2.24, 2.45) is 17.7 Å². The third-order valence-electron chi connectivity index (χ3n) is 3.96. The molecular weight excluding hydrogens is 276 g/mol. The summed E-state index contributed by atoms with van der Waals surface area (Å²) in [5.41, 5.74) is 1.47. The van der Waals surface area contributed by atoms with Crippen LogP contribution in [0.1, 0.15) is 43.5 Å². The van der Waals surface area contributed by atoms with Crippen LogP contribution in [0.5, 0.6) is 0 Å². The van der Waals surface area contributed by atoms with Crippen LogP contribution in [-0.4, -0.2) is 11.9 Å². The minimum absolute atomic E-state index is 0.0325. The highest BCUT2D eigenvalue weighted by atomic mass is 19.1. The second-order valence-electron chi connectivity index (χ2n) is 6.05. The highest BCUT2D eigenvalue weighted by Gasteiger charge is 2.25. The summed E-state index contributed by atoms with van der Waals surface area (Å²) in [6.07, 6.45) is 2.93. The normalized spacial score (nSPS) is 25.5. The van der Waals surface area contributed by atoms with Crippen LogP contribution in [0.3, 0.4) is 0 Å². The van der Waals surface area contributed by atoms with Gasteiger partial charge in [-0.3, -0.25) is 10.6 Å². The fourth-order valence-electron chi connectivity index (χ4n) is 3.18. The summed E-state index contributed by atoms with van der Waals surface area (Å²) in [6.45, 7) is 4.30. The molecule has 0 aromatic heterocycles. The van der Waals surface area contributed by atoms with Crippen molar-refractivity contribution in [1.29, 1.82) is 0 Å². The Morgan fingerprint density at radius 2 is 1.67 bits per heavy atom. The molecule has 6 heteroatoms. The molecule has 0 aliphatic heterocycles. The predicted molar refractivity (Wildman–Crippen MR) is 77.6 cm³/mol. The number of hydrogen-bond donors (Lipinski definition) is 3. The van der Waals surface area contributed by atoms with Crippen LogP contribution in [-0.2, 0) is 0 Å². The van der Waals surface area contributed by atoms with Gasteiger partial charge in [0.05, 0.1) is 0 Å². The highest BCUT2D eigenvalue weighted by Crippen LogP contribution is 2.29. The van der Waals surface area contributed by atoms with Gasteiger partial charge in [-0.2, -0.15) is 0 Å². The Kier molecular flexibility index (Phi) is 4.77. The molecular formula is C15H21F2N3O. The van der Waals surface area contributed by atoms with Gasteiger partial charge in [0.15, 0.2) is 11.6 Å². The first-order valence-corrected chi connectivity index (χ1v) is 7.17. The molecule has 0 spiro atoms. The SMILES string of the molecule is CC1CC(C)CC(NC(=O)c2cc(F)c(NN)c(F)c2)C1. The van der Waals surface area contributed by atoms with Gasteiger partial charge in [0, 0.05) is 11.6 Å². The van der Waals surface area contributed by atoms with Crippen LogP contribution >= 0.6 is 0 Å². The molecule has 1 aliphatic rings. The van der Waals surface area contributed by atoms with E-state index in [4.69, 9.17) is 5.84 Å². The molecule has 0 bridgehead atoms. The number of anilines is 1. The molecule has 2 rings (SSSR count). The number of benzene rings is 1. The number of rotatable bonds is 3. The molecule has 1 fully saturated rings. The topological polar surface area (TPSA) is 67.2 Å². The zero-order valence-electron chi connectivity index (χ0n) is 12.2. The first kappa shape index (κ1) is 15.7. The van der Waals surface area contributed by atoms with Gasteiger partial charge in [0.2, 0.25) is 0 Å². The Morgan fingerprint density at radius 1 is 1.14 bits per heavy atom. The van der Waals surface area contributed by atoms with Crippen LogP contribution in [0.25, 0.3) is 0 Å². The number of carbonyl (C=O) groups excluding carboxylic acids is 1. The number of nitrogens with one attached hydrogen (secondary N) is 2. The lowest BCUT2D eigenvalue weighted by atomic mass is 9.80. The molecule has 4 nitrogen and oxygen atoms in total. The summed E-state index contributed by atoms with van der Waals surface area (Å²) in [5, 5.41) is 2.86. The van der Waals surface area contributed by atoms with Gasteiger partial charge >= 0.3 is 0 Å². The quantitative estimate of drug-likeness (QED) is 0.593. The third-order valence-corrected chi connectivity index (χ3v) is 3.96. The number of amides is 1. The molecule has 1 aliphatic carbocycles. The number of carbonyl (C=O) groups is 1. The van der Waals surface area contributed by atoms with Crippen LogP contribution in [0.4, 0.5) is 14.5 Å². The summed E-state index contributed by atoms with van der Waals surface area (Å²) in [4.78, 5) is 12.1. The third kappa shape index (κ3) is 3.69. The molecule has 0 saturated heterocycles. The van der Waals surface area contributed by atoms with Crippen molar-refractivity contribution >= 4 is 11.6 Å². The average molecular weight is 297 g/mol. The van der Waals surface area contributed by atoms with Crippen LogP contribution in [0.2, 0.25) is 0 Å². The zero-order chi connectivity index (χ0) is 15.6. The van der Waals surface area contributed by atoms with E-state index in [0.717, 1.165) is 31.4 Å². The maximum atomic E-state index is 13.6. The zero-order valence-corrected chi connectivity index (χ0v) is 12.2. The van der Waals surface area contributed by atoms with Gasteiger partial charge in [0.25, 0.3) is 5.91 Å². The number of nitrogen functional groups attached to an aromatic ring is 1. The summed E-state index contributed by atoms with van der Waals surface area (Å²) in [7, 11) is 0. The van der Waals surface area contributed by atoms with Crippen molar-refractivity contribution < 1.29 is 13.6 Å². The molecule has 1 amide bonds. The van der Waals surface area contributed by atoms with E-state index in [1.807, 2.05) is 5.43 Å². The standard InChI is InChI=1S/C15H21F2N3O/c1-8-3-9(2)5-11(4-8)19-15(21)10-6-12(16)14(20-18)13(17)7-10/h6-9,11,20H,3-5,18H2,1-2H3,(H,19,21). The molecule has 2 atom stereocenters. The van der Waals surface area contributed by atoms with Crippen molar-refractivity contribution in [2.45, 2.75) is 39.2 Å². The minimum Gasteiger partial charge on any atom is -0.349 e. The van der Waals surface area contributed by atoms with Crippen molar-refractivity contribution in [3.05, 3.63) is 29.3 Å². The molecule has 1 saturated carbocycles. The summed E-state index contributed by atoms with van der Waals surface area (Å²) >= 11 is 0. The lowest BCUT2D eigenvalue weighted by molar-refractivity contribution is 0.0910. The Labute approximate surface area is 123 Å². The molecule has 0 radical (unpaired) electrons. The second-order valence-corrected chi connectivity index (χ2v) is 6.05. The Balaban J connectivity index is 2.10. The highest BCUT2D eigenvalue weighted by molar-refractivity contribution is 5.94. The Hall–Kier alpha value is -1.69. The van der Waals surface area contributed by atoms with Gasteiger partial charge in [-0.15, -0.1) is 0 Å². The first-order valence-electron chi connectivity index (χ1n) is 7.17. The van der Waals surface area contributed by atoms with Crippen LogP contribution < -0.4 is 16.6 Å². The van der Waals surface area contributed by atoms with E-state index in [2.05, 4.69) is 19.2 Å². The fraction of sp³-hybridized carbons (Fsp3) is 0.533. The molecule has 2 unspecified atom stereocenters. The molecule has 0 heterocycles. The van der Waals surface area contributed by atoms with Gasteiger partial charge in [0.1, 0.15) is 5.69 Å². The van der Waals surface area contributed by atoms with E-state index in [-0.39, 0.29) is 11.6 Å². The summed E-state index contributed by atoms with van der Waals surface area (Å²) < 4.78 is 27.2. The predicted octanol–water partition coefficient (Wildman–Crippen LogP) is 2.80.